The van der Waals surface area contributed by atoms with Gasteiger partial charge in [0.25, 0.3) is 11.8 Å². The predicted octanol–water partition coefficient (Wildman–Crippen LogP) is 9.23. The summed E-state index contributed by atoms with van der Waals surface area (Å²) in [6, 6.07) is 41.9. The number of carbonyl (C=O) groups excluding carboxylic acids is 3. The van der Waals surface area contributed by atoms with Gasteiger partial charge in [-0.3, -0.25) is 14.4 Å². The number of amides is 3. The van der Waals surface area contributed by atoms with Gasteiger partial charge in [0, 0.05) is 26.6 Å². The molecule has 0 unspecified atom stereocenters. The molecule has 0 atom stereocenters. The van der Waals surface area contributed by atoms with Gasteiger partial charge < -0.3 is 16.0 Å². The molecular formula is C41H34N4O3S2. The molecule has 6 aromatic rings. The van der Waals surface area contributed by atoms with E-state index in [1.165, 1.54) is 28.7 Å². The maximum absolute atomic E-state index is 13.6. The van der Waals surface area contributed by atoms with Crippen LogP contribution in [0.25, 0.3) is 28.5 Å². The van der Waals surface area contributed by atoms with Crippen LogP contribution in [0.5, 0.6) is 0 Å². The first-order valence-corrected chi connectivity index (χ1v) is 17.7. The van der Waals surface area contributed by atoms with E-state index in [0.717, 1.165) is 37.7 Å². The van der Waals surface area contributed by atoms with Crippen LogP contribution in [0.3, 0.4) is 0 Å². The van der Waals surface area contributed by atoms with Crippen molar-refractivity contribution in [1.29, 1.82) is 0 Å². The average Bonchev–Trinajstić information content (AvgIpc) is 3.51. The zero-order valence-corrected chi connectivity index (χ0v) is 29.1. The second kappa shape index (κ2) is 16.1. The first-order chi connectivity index (χ1) is 24.3. The van der Waals surface area contributed by atoms with Crippen LogP contribution < -0.4 is 16.0 Å². The van der Waals surface area contributed by atoms with Gasteiger partial charge in [0.15, 0.2) is 5.13 Å². The summed E-state index contributed by atoms with van der Waals surface area (Å²) >= 11 is 2.79. The Kier molecular flexibility index (Phi) is 11.0. The summed E-state index contributed by atoms with van der Waals surface area (Å²) in [5.74, 6) is -0.900. The molecule has 248 valence electrons. The normalized spacial score (nSPS) is 11.1. The summed E-state index contributed by atoms with van der Waals surface area (Å²) < 4.78 is 0. The van der Waals surface area contributed by atoms with Gasteiger partial charge in [-0.05, 0) is 66.9 Å². The standard InChI is InChI=1S/C41H34N4O3S2/c1-27-16-20-32(21-17-27)38-28(2)50-41(45-38)44-37(46)26-49-35-15-9-14-34(25-35)42-40(48)36(43-39(47)33-12-7-4-8-13-33)24-29-18-22-31(23-19-29)30-10-5-3-6-11-30/h3-25H,26H2,1-2H3,(H,42,48)(H,43,47)(H,44,45,46)/b36-24+. The van der Waals surface area contributed by atoms with Gasteiger partial charge >= 0.3 is 0 Å². The van der Waals surface area contributed by atoms with Gasteiger partial charge in [0.2, 0.25) is 5.91 Å². The molecule has 0 bridgehead atoms. The molecule has 0 saturated carbocycles. The summed E-state index contributed by atoms with van der Waals surface area (Å²) in [6.07, 6.45) is 1.65. The molecule has 0 fully saturated rings. The Morgan fingerprint density at radius 3 is 2.10 bits per heavy atom. The number of rotatable bonds is 11. The highest BCUT2D eigenvalue weighted by Gasteiger charge is 2.16. The van der Waals surface area contributed by atoms with Crippen LogP contribution in [-0.2, 0) is 9.59 Å². The number of thioether (sulfide) groups is 1. The molecule has 5 aromatic carbocycles. The maximum Gasteiger partial charge on any atom is 0.272 e. The molecular weight excluding hydrogens is 661 g/mol. The van der Waals surface area contributed by atoms with Crippen molar-refractivity contribution in [2.24, 2.45) is 0 Å². The Labute approximate surface area is 299 Å². The SMILES string of the molecule is Cc1ccc(-c2nc(NC(=O)CSc3cccc(NC(=O)/C(=C\c4ccc(-c5ccccc5)cc4)NC(=O)c4ccccc4)c3)sc2C)cc1. The molecule has 0 aliphatic carbocycles. The lowest BCUT2D eigenvalue weighted by atomic mass is 10.0. The van der Waals surface area contributed by atoms with Crippen molar-refractivity contribution in [3.8, 4) is 22.4 Å². The Morgan fingerprint density at radius 2 is 1.38 bits per heavy atom. The van der Waals surface area contributed by atoms with Gasteiger partial charge in [-0.25, -0.2) is 4.98 Å². The third-order valence-electron chi connectivity index (χ3n) is 7.69. The molecule has 3 amide bonds. The van der Waals surface area contributed by atoms with E-state index < -0.39 is 11.8 Å². The zero-order valence-electron chi connectivity index (χ0n) is 27.5. The third-order valence-corrected chi connectivity index (χ3v) is 9.57. The van der Waals surface area contributed by atoms with Gasteiger partial charge in [0.05, 0.1) is 11.4 Å². The first kappa shape index (κ1) is 34.1. The number of aromatic nitrogens is 1. The molecule has 0 aliphatic rings. The molecule has 7 nitrogen and oxygen atoms in total. The molecule has 50 heavy (non-hydrogen) atoms. The molecule has 0 radical (unpaired) electrons. The van der Waals surface area contributed by atoms with E-state index in [1.807, 2.05) is 111 Å². The Bertz CT molecular complexity index is 2140. The summed E-state index contributed by atoms with van der Waals surface area (Å²) in [7, 11) is 0. The second-order valence-corrected chi connectivity index (χ2v) is 13.7. The fourth-order valence-corrected chi connectivity index (χ4v) is 6.71. The molecule has 0 aliphatic heterocycles. The number of thiazole rings is 1. The van der Waals surface area contributed by atoms with Crippen molar-refractivity contribution in [2.45, 2.75) is 18.7 Å². The van der Waals surface area contributed by atoms with E-state index in [-0.39, 0.29) is 17.4 Å². The summed E-state index contributed by atoms with van der Waals surface area (Å²) in [5.41, 5.74) is 6.97. The Morgan fingerprint density at radius 1 is 0.720 bits per heavy atom. The second-order valence-electron chi connectivity index (χ2n) is 11.5. The molecule has 9 heteroatoms. The number of carbonyl (C=O) groups is 3. The van der Waals surface area contributed by atoms with Crippen LogP contribution in [0.4, 0.5) is 10.8 Å². The summed E-state index contributed by atoms with van der Waals surface area (Å²) in [4.78, 5) is 46.1. The number of aryl methyl sites for hydroxylation is 2. The van der Waals surface area contributed by atoms with Crippen LogP contribution in [0, 0.1) is 13.8 Å². The zero-order chi connectivity index (χ0) is 34.9. The fourth-order valence-electron chi connectivity index (χ4n) is 5.11. The van der Waals surface area contributed by atoms with Gasteiger partial charge in [0.1, 0.15) is 5.70 Å². The number of nitrogens with one attached hydrogen (secondary N) is 3. The van der Waals surface area contributed by atoms with Crippen LogP contribution in [-0.4, -0.2) is 28.5 Å². The highest BCUT2D eigenvalue weighted by molar-refractivity contribution is 8.00. The minimum Gasteiger partial charge on any atom is -0.321 e. The summed E-state index contributed by atoms with van der Waals surface area (Å²) in [6.45, 7) is 4.03. The fraction of sp³-hybridized carbons (Fsp3) is 0.0732. The van der Waals surface area contributed by atoms with Crippen molar-refractivity contribution in [2.75, 3.05) is 16.4 Å². The monoisotopic (exact) mass is 694 g/mol. The minimum atomic E-state index is -0.482. The number of hydrogen-bond donors (Lipinski definition) is 3. The molecule has 1 heterocycles. The van der Waals surface area contributed by atoms with E-state index in [2.05, 4.69) is 20.9 Å². The quantitative estimate of drug-likeness (QED) is 0.0928. The third kappa shape index (κ3) is 9.02. The molecule has 0 spiro atoms. The smallest absolute Gasteiger partial charge is 0.272 e. The molecule has 3 N–H and O–H groups in total. The Hall–Kier alpha value is -5.77. The van der Waals surface area contributed by atoms with Crippen molar-refractivity contribution >= 4 is 57.7 Å². The Balaban J connectivity index is 1.12. The van der Waals surface area contributed by atoms with E-state index in [0.29, 0.717) is 16.4 Å². The van der Waals surface area contributed by atoms with Crippen molar-refractivity contribution < 1.29 is 14.4 Å². The number of benzene rings is 5. The van der Waals surface area contributed by atoms with Crippen molar-refractivity contribution in [3.05, 3.63) is 161 Å². The van der Waals surface area contributed by atoms with Gasteiger partial charge in [-0.15, -0.1) is 23.1 Å². The van der Waals surface area contributed by atoms with Gasteiger partial charge in [-0.1, -0.05) is 109 Å². The highest BCUT2D eigenvalue weighted by Crippen LogP contribution is 2.31. The van der Waals surface area contributed by atoms with Crippen LogP contribution >= 0.6 is 23.1 Å². The topological polar surface area (TPSA) is 100 Å². The average molecular weight is 695 g/mol. The highest BCUT2D eigenvalue weighted by atomic mass is 32.2. The van der Waals surface area contributed by atoms with E-state index in [4.69, 9.17) is 0 Å². The molecule has 6 rings (SSSR count). The van der Waals surface area contributed by atoms with E-state index >= 15 is 0 Å². The van der Waals surface area contributed by atoms with Crippen LogP contribution in [0.2, 0.25) is 0 Å². The van der Waals surface area contributed by atoms with E-state index in [1.54, 1.807) is 42.5 Å². The summed E-state index contributed by atoms with van der Waals surface area (Å²) in [5, 5.41) is 9.17. The maximum atomic E-state index is 13.6. The number of hydrogen-bond acceptors (Lipinski definition) is 6. The van der Waals surface area contributed by atoms with Gasteiger partial charge in [-0.2, -0.15) is 0 Å². The molecule has 1 aromatic heterocycles. The number of anilines is 2. The van der Waals surface area contributed by atoms with E-state index in [9.17, 15) is 14.4 Å². The molecule has 0 saturated heterocycles. The van der Waals surface area contributed by atoms with Crippen LogP contribution in [0.1, 0.15) is 26.4 Å². The van der Waals surface area contributed by atoms with Crippen LogP contribution in [0.15, 0.2) is 144 Å². The minimum absolute atomic E-state index is 0.0903. The first-order valence-electron chi connectivity index (χ1n) is 15.9. The lowest BCUT2D eigenvalue weighted by Gasteiger charge is -2.12. The lowest BCUT2D eigenvalue weighted by molar-refractivity contribution is -0.114. The van der Waals surface area contributed by atoms with Crippen molar-refractivity contribution in [3.63, 3.8) is 0 Å². The largest absolute Gasteiger partial charge is 0.321 e. The predicted molar refractivity (Wildman–Crippen MR) is 205 cm³/mol. The van der Waals surface area contributed by atoms with Crippen molar-refractivity contribution in [1.82, 2.24) is 10.3 Å². The lowest BCUT2D eigenvalue weighted by Crippen LogP contribution is -2.30. The number of nitrogens with zero attached hydrogens (tertiary/aromatic N) is 1.